The molecule has 1 aromatic heterocycles. The Morgan fingerprint density at radius 2 is 2.12 bits per heavy atom. The van der Waals surface area contributed by atoms with Crippen LogP contribution < -0.4 is 19.9 Å². The second kappa shape index (κ2) is 3.85. The van der Waals surface area contributed by atoms with Gasteiger partial charge in [-0.05, 0) is 12.1 Å². The van der Waals surface area contributed by atoms with E-state index in [0.717, 1.165) is 0 Å². The number of aromatic nitrogens is 2. The third-order valence-electron chi connectivity index (χ3n) is 2.19. The van der Waals surface area contributed by atoms with E-state index in [0.29, 0.717) is 23.1 Å². The predicted octanol–water partition coefficient (Wildman–Crippen LogP) is 0.959. The van der Waals surface area contributed by atoms with Crippen molar-refractivity contribution in [1.29, 1.82) is 0 Å². The molecule has 0 radical (unpaired) electrons. The van der Waals surface area contributed by atoms with Gasteiger partial charge in [-0.1, -0.05) is 5.10 Å². The Kier molecular flexibility index (Phi) is 2.21. The maximum Gasteiger partial charge on any atom is 0.312 e. The first kappa shape index (κ1) is 9.76. The molecule has 0 saturated carbocycles. The molecular weight excluding hydrogens is 226 g/mol. The molecule has 1 aliphatic rings. The van der Waals surface area contributed by atoms with Crippen molar-refractivity contribution in [2.45, 2.75) is 6.61 Å². The van der Waals surface area contributed by atoms with Crippen LogP contribution in [0.4, 0.5) is 6.01 Å². The molecule has 2 aromatic rings. The zero-order chi connectivity index (χ0) is 11.7. The quantitative estimate of drug-likeness (QED) is 0.846. The van der Waals surface area contributed by atoms with E-state index in [2.05, 4.69) is 10.2 Å². The van der Waals surface area contributed by atoms with Gasteiger partial charge in [0.05, 0.1) is 0 Å². The van der Waals surface area contributed by atoms with Crippen LogP contribution in [0.2, 0.25) is 0 Å². The first-order valence-corrected chi connectivity index (χ1v) is 4.91. The lowest BCUT2D eigenvalue weighted by Crippen LogP contribution is -1.95. The van der Waals surface area contributed by atoms with Crippen molar-refractivity contribution >= 4 is 6.01 Å². The molecular formula is C10H9N3O4. The lowest BCUT2D eigenvalue weighted by atomic mass is 10.3. The molecule has 0 unspecified atom stereocenters. The lowest BCUT2D eigenvalue weighted by molar-refractivity contribution is 0.173. The van der Waals surface area contributed by atoms with Gasteiger partial charge < -0.3 is 24.4 Å². The Bertz CT molecular complexity index is 540. The second-order valence-corrected chi connectivity index (χ2v) is 3.34. The van der Waals surface area contributed by atoms with Crippen molar-refractivity contribution < 1.29 is 18.6 Å². The van der Waals surface area contributed by atoms with Gasteiger partial charge in [-0.15, -0.1) is 5.10 Å². The Labute approximate surface area is 96.1 Å². The van der Waals surface area contributed by atoms with Crippen molar-refractivity contribution in [3.63, 3.8) is 0 Å². The standard InChI is InChI=1S/C10H9N3O4/c11-10-13-12-9(17-10)4-14-6-1-2-7-8(3-6)16-5-15-7/h1-3H,4-5H2,(H2,11,13). The van der Waals surface area contributed by atoms with E-state index in [-0.39, 0.29) is 19.4 Å². The SMILES string of the molecule is Nc1nnc(COc2ccc3c(c2)OCO3)o1. The molecule has 3 rings (SSSR count). The number of anilines is 1. The number of hydrogen-bond acceptors (Lipinski definition) is 7. The van der Waals surface area contributed by atoms with Crippen LogP contribution in [0.15, 0.2) is 22.6 Å². The Morgan fingerprint density at radius 1 is 1.24 bits per heavy atom. The highest BCUT2D eigenvalue weighted by Gasteiger charge is 2.14. The zero-order valence-electron chi connectivity index (χ0n) is 8.75. The summed E-state index contributed by atoms with van der Waals surface area (Å²) in [4.78, 5) is 0. The molecule has 2 N–H and O–H groups in total. The molecule has 1 aliphatic heterocycles. The third kappa shape index (κ3) is 1.94. The average molecular weight is 235 g/mol. The highest BCUT2D eigenvalue weighted by molar-refractivity contribution is 5.46. The lowest BCUT2D eigenvalue weighted by Gasteiger charge is -2.03. The van der Waals surface area contributed by atoms with E-state index < -0.39 is 0 Å². The number of nitrogens with two attached hydrogens (primary N) is 1. The predicted molar refractivity (Wildman–Crippen MR) is 55.6 cm³/mol. The maximum atomic E-state index is 5.44. The highest BCUT2D eigenvalue weighted by Crippen LogP contribution is 2.35. The van der Waals surface area contributed by atoms with Crippen LogP contribution in [0.3, 0.4) is 0 Å². The van der Waals surface area contributed by atoms with E-state index in [1.165, 1.54) is 0 Å². The van der Waals surface area contributed by atoms with Crippen LogP contribution in [-0.2, 0) is 6.61 Å². The van der Waals surface area contributed by atoms with Gasteiger partial charge in [-0.2, -0.15) is 0 Å². The van der Waals surface area contributed by atoms with Crippen LogP contribution in [0.1, 0.15) is 5.89 Å². The molecule has 0 atom stereocenters. The summed E-state index contributed by atoms with van der Waals surface area (Å²) in [5, 5.41) is 7.20. The molecule has 0 fully saturated rings. The summed E-state index contributed by atoms with van der Waals surface area (Å²) in [7, 11) is 0. The molecule has 0 bridgehead atoms. The van der Waals surface area contributed by atoms with Crippen molar-refractivity contribution in [2.75, 3.05) is 12.5 Å². The minimum Gasteiger partial charge on any atom is -0.484 e. The zero-order valence-corrected chi connectivity index (χ0v) is 8.75. The van der Waals surface area contributed by atoms with Gasteiger partial charge in [-0.3, -0.25) is 0 Å². The number of nitrogens with zero attached hydrogens (tertiary/aromatic N) is 2. The average Bonchev–Trinajstić information content (AvgIpc) is 2.94. The molecule has 0 spiro atoms. The number of rotatable bonds is 3. The highest BCUT2D eigenvalue weighted by atomic mass is 16.7. The fraction of sp³-hybridized carbons (Fsp3) is 0.200. The van der Waals surface area contributed by atoms with Crippen LogP contribution in [0, 0.1) is 0 Å². The molecule has 0 aliphatic carbocycles. The Hall–Kier alpha value is -2.44. The summed E-state index contributed by atoms with van der Waals surface area (Å²) in [5.74, 6) is 2.32. The van der Waals surface area contributed by atoms with Crippen LogP contribution in [0.5, 0.6) is 17.2 Å². The van der Waals surface area contributed by atoms with Gasteiger partial charge in [-0.25, -0.2) is 0 Å². The summed E-state index contributed by atoms with van der Waals surface area (Å²) in [6.45, 7) is 0.392. The van der Waals surface area contributed by atoms with Crippen molar-refractivity contribution in [1.82, 2.24) is 10.2 Å². The first-order chi connectivity index (χ1) is 8.31. The minimum atomic E-state index is 0.0225. The molecule has 88 valence electrons. The normalized spacial score (nSPS) is 12.7. The minimum absolute atomic E-state index is 0.0225. The summed E-state index contributed by atoms with van der Waals surface area (Å²) in [5.41, 5.74) is 5.29. The fourth-order valence-electron chi connectivity index (χ4n) is 1.44. The summed E-state index contributed by atoms with van der Waals surface area (Å²) < 4.78 is 20.8. The topological polar surface area (TPSA) is 92.6 Å². The molecule has 0 amide bonds. The molecule has 2 heterocycles. The maximum absolute atomic E-state index is 5.44. The van der Waals surface area contributed by atoms with E-state index in [1.54, 1.807) is 18.2 Å². The van der Waals surface area contributed by atoms with Crippen LogP contribution >= 0.6 is 0 Å². The smallest absolute Gasteiger partial charge is 0.312 e. The number of benzene rings is 1. The summed E-state index contributed by atoms with van der Waals surface area (Å²) in [6, 6.07) is 5.31. The molecule has 17 heavy (non-hydrogen) atoms. The third-order valence-corrected chi connectivity index (χ3v) is 2.19. The summed E-state index contributed by atoms with van der Waals surface area (Å²) in [6.07, 6.45) is 0. The molecule has 7 heteroatoms. The number of fused-ring (bicyclic) bond motifs is 1. The van der Waals surface area contributed by atoms with Gasteiger partial charge in [0.1, 0.15) is 5.75 Å². The number of hydrogen-bond donors (Lipinski definition) is 1. The number of nitrogen functional groups attached to an aromatic ring is 1. The largest absolute Gasteiger partial charge is 0.484 e. The summed E-state index contributed by atoms with van der Waals surface area (Å²) >= 11 is 0. The van der Waals surface area contributed by atoms with E-state index in [9.17, 15) is 0 Å². The van der Waals surface area contributed by atoms with Crippen LogP contribution in [0.25, 0.3) is 0 Å². The van der Waals surface area contributed by atoms with E-state index in [1.807, 2.05) is 0 Å². The van der Waals surface area contributed by atoms with Gasteiger partial charge in [0, 0.05) is 6.07 Å². The van der Waals surface area contributed by atoms with Gasteiger partial charge in [0.15, 0.2) is 18.1 Å². The van der Waals surface area contributed by atoms with Crippen LogP contribution in [-0.4, -0.2) is 17.0 Å². The molecule has 0 saturated heterocycles. The van der Waals surface area contributed by atoms with Crippen molar-refractivity contribution in [3.05, 3.63) is 24.1 Å². The Balaban J connectivity index is 1.69. The fourth-order valence-corrected chi connectivity index (χ4v) is 1.44. The molecule has 1 aromatic carbocycles. The van der Waals surface area contributed by atoms with E-state index in [4.69, 9.17) is 24.4 Å². The van der Waals surface area contributed by atoms with Crippen molar-refractivity contribution in [3.8, 4) is 17.2 Å². The molecule has 7 nitrogen and oxygen atoms in total. The monoisotopic (exact) mass is 235 g/mol. The van der Waals surface area contributed by atoms with Gasteiger partial charge in [0.25, 0.3) is 5.89 Å². The van der Waals surface area contributed by atoms with Gasteiger partial charge in [0.2, 0.25) is 6.79 Å². The first-order valence-electron chi connectivity index (χ1n) is 4.91. The second-order valence-electron chi connectivity index (χ2n) is 3.34. The van der Waals surface area contributed by atoms with Crippen molar-refractivity contribution in [2.24, 2.45) is 0 Å². The van der Waals surface area contributed by atoms with Gasteiger partial charge >= 0.3 is 6.01 Å². The van der Waals surface area contributed by atoms with E-state index >= 15 is 0 Å². The number of ether oxygens (including phenoxy) is 3. The Morgan fingerprint density at radius 3 is 2.94 bits per heavy atom.